The summed E-state index contributed by atoms with van der Waals surface area (Å²) in [6, 6.07) is 12.3. The van der Waals surface area contributed by atoms with Crippen LogP contribution in [0.25, 0.3) is 21.6 Å². The first-order chi connectivity index (χ1) is 13.9. The predicted octanol–water partition coefficient (Wildman–Crippen LogP) is 4.09. The topological polar surface area (TPSA) is 103 Å². The molecule has 0 fully saturated rings. The summed E-state index contributed by atoms with van der Waals surface area (Å²) < 4.78 is 1.80. The van der Waals surface area contributed by atoms with Gasteiger partial charge in [0.15, 0.2) is 5.65 Å². The summed E-state index contributed by atoms with van der Waals surface area (Å²) in [6.07, 6.45) is 1.66. The van der Waals surface area contributed by atoms with Crippen LogP contribution in [-0.4, -0.2) is 26.6 Å². The van der Waals surface area contributed by atoms with Crippen molar-refractivity contribution >= 4 is 39.9 Å². The lowest BCUT2D eigenvalue weighted by atomic mass is 10.1. The molecule has 3 aromatic heterocycles. The van der Waals surface area contributed by atoms with E-state index in [0.29, 0.717) is 33.5 Å². The number of benzene rings is 1. The van der Waals surface area contributed by atoms with Crippen molar-refractivity contribution in [3.63, 3.8) is 0 Å². The van der Waals surface area contributed by atoms with Gasteiger partial charge in [-0.25, -0.2) is 9.67 Å². The number of rotatable bonds is 5. The van der Waals surface area contributed by atoms with Gasteiger partial charge in [0, 0.05) is 17.3 Å². The lowest BCUT2D eigenvalue weighted by Gasteiger charge is -2.11. The number of pyridine rings is 1. The van der Waals surface area contributed by atoms with Crippen molar-refractivity contribution in [1.82, 2.24) is 14.8 Å². The molecule has 7 nitrogen and oxygen atoms in total. The lowest BCUT2D eigenvalue weighted by molar-refractivity contribution is 0.0996. The van der Waals surface area contributed by atoms with Crippen LogP contribution in [0.1, 0.15) is 40.6 Å². The molecule has 0 unspecified atom stereocenters. The smallest absolute Gasteiger partial charge is 0.256 e. The SMILES string of the molecule is CC(C)n1ncc2c(C(=O)Nc3cccc(C(N)=O)c3)cc(-c3cccs3)nc21. The molecule has 146 valence electrons. The summed E-state index contributed by atoms with van der Waals surface area (Å²) >= 11 is 1.56. The summed E-state index contributed by atoms with van der Waals surface area (Å²) in [5.74, 6) is -0.856. The van der Waals surface area contributed by atoms with Gasteiger partial charge >= 0.3 is 0 Å². The average molecular weight is 405 g/mol. The maximum absolute atomic E-state index is 13.1. The van der Waals surface area contributed by atoms with Crippen LogP contribution in [0, 0.1) is 0 Å². The van der Waals surface area contributed by atoms with E-state index >= 15 is 0 Å². The Kier molecular flexibility index (Phi) is 4.85. The molecule has 0 bridgehead atoms. The highest BCUT2D eigenvalue weighted by atomic mass is 32.1. The highest BCUT2D eigenvalue weighted by Crippen LogP contribution is 2.29. The van der Waals surface area contributed by atoms with Crippen molar-refractivity contribution in [3.8, 4) is 10.6 Å². The third-order valence-electron chi connectivity index (χ3n) is 4.48. The van der Waals surface area contributed by atoms with E-state index in [2.05, 4.69) is 10.4 Å². The largest absolute Gasteiger partial charge is 0.366 e. The van der Waals surface area contributed by atoms with Crippen LogP contribution < -0.4 is 11.1 Å². The number of hydrogen-bond acceptors (Lipinski definition) is 5. The van der Waals surface area contributed by atoms with Crippen LogP contribution in [0.5, 0.6) is 0 Å². The molecule has 4 aromatic rings. The number of anilines is 1. The third-order valence-corrected chi connectivity index (χ3v) is 5.37. The molecule has 0 radical (unpaired) electrons. The normalized spacial score (nSPS) is 11.1. The Bertz CT molecular complexity index is 1210. The summed E-state index contributed by atoms with van der Waals surface area (Å²) in [6.45, 7) is 4.03. The lowest BCUT2D eigenvalue weighted by Crippen LogP contribution is -2.15. The monoisotopic (exact) mass is 405 g/mol. The van der Waals surface area contributed by atoms with Gasteiger partial charge < -0.3 is 11.1 Å². The van der Waals surface area contributed by atoms with Gasteiger partial charge in [-0.05, 0) is 49.6 Å². The van der Waals surface area contributed by atoms with E-state index in [1.165, 1.54) is 0 Å². The molecule has 0 spiro atoms. The van der Waals surface area contributed by atoms with E-state index in [-0.39, 0.29) is 11.9 Å². The highest BCUT2D eigenvalue weighted by molar-refractivity contribution is 7.13. The first kappa shape index (κ1) is 18.8. The molecule has 4 rings (SSSR count). The number of nitrogens with one attached hydrogen (secondary N) is 1. The molecule has 0 saturated heterocycles. The van der Waals surface area contributed by atoms with Gasteiger partial charge in [0.2, 0.25) is 5.91 Å². The van der Waals surface area contributed by atoms with Crippen molar-refractivity contribution in [2.45, 2.75) is 19.9 Å². The number of primary amides is 1. The predicted molar refractivity (Wildman–Crippen MR) is 114 cm³/mol. The fourth-order valence-corrected chi connectivity index (χ4v) is 3.77. The summed E-state index contributed by atoms with van der Waals surface area (Å²) in [5.41, 5.74) is 7.99. The summed E-state index contributed by atoms with van der Waals surface area (Å²) in [7, 11) is 0. The number of carbonyl (C=O) groups excluding carboxylic acids is 2. The number of hydrogen-bond donors (Lipinski definition) is 2. The minimum atomic E-state index is -0.550. The van der Waals surface area contributed by atoms with E-state index in [0.717, 1.165) is 4.88 Å². The number of nitrogens with zero attached hydrogens (tertiary/aromatic N) is 3. The van der Waals surface area contributed by atoms with Crippen LogP contribution in [0.3, 0.4) is 0 Å². The second-order valence-corrected chi connectivity index (χ2v) is 7.80. The molecular formula is C21H19N5O2S. The maximum Gasteiger partial charge on any atom is 0.256 e. The zero-order chi connectivity index (χ0) is 20.5. The van der Waals surface area contributed by atoms with Gasteiger partial charge in [-0.3, -0.25) is 9.59 Å². The first-order valence-electron chi connectivity index (χ1n) is 9.07. The molecule has 0 aliphatic heterocycles. The van der Waals surface area contributed by atoms with Crippen molar-refractivity contribution in [1.29, 1.82) is 0 Å². The van der Waals surface area contributed by atoms with Crippen molar-refractivity contribution in [2.75, 3.05) is 5.32 Å². The molecule has 3 heterocycles. The molecule has 3 N–H and O–H groups in total. The molecule has 0 atom stereocenters. The minimum absolute atomic E-state index is 0.0988. The molecule has 0 aliphatic rings. The standard InChI is InChI=1S/C21H19N5O2S/c1-12(2)26-20-16(11-23-26)15(10-17(25-20)18-7-4-8-29-18)21(28)24-14-6-3-5-13(9-14)19(22)27/h3-12H,1-2H3,(H2,22,27)(H,24,28). The van der Waals surface area contributed by atoms with Crippen molar-refractivity contribution in [2.24, 2.45) is 5.73 Å². The Hall–Kier alpha value is -3.52. The first-order valence-corrected chi connectivity index (χ1v) is 9.95. The molecule has 0 aliphatic carbocycles. The summed E-state index contributed by atoms with van der Waals surface area (Å²) in [4.78, 5) is 30.3. The maximum atomic E-state index is 13.1. The van der Waals surface area contributed by atoms with Crippen LogP contribution in [0.2, 0.25) is 0 Å². The van der Waals surface area contributed by atoms with Gasteiger partial charge in [0.05, 0.1) is 27.7 Å². The second kappa shape index (κ2) is 7.48. The van der Waals surface area contributed by atoms with Crippen LogP contribution >= 0.6 is 11.3 Å². The quantitative estimate of drug-likeness (QED) is 0.522. The molecule has 2 amide bonds. The number of carbonyl (C=O) groups is 2. The van der Waals surface area contributed by atoms with Gasteiger partial charge in [-0.1, -0.05) is 12.1 Å². The zero-order valence-electron chi connectivity index (χ0n) is 15.9. The van der Waals surface area contributed by atoms with E-state index in [4.69, 9.17) is 10.7 Å². The van der Waals surface area contributed by atoms with Gasteiger partial charge in [-0.2, -0.15) is 5.10 Å². The number of aromatic nitrogens is 3. The van der Waals surface area contributed by atoms with E-state index in [9.17, 15) is 9.59 Å². The van der Waals surface area contributed by atoms with Crippen LogP contribution in [0.15, 0.2) is 54.0 Å². The number of nitrogens with two attached hydrogens (primary N) is 1. The summed E-state index contributed by atoms with van der Waals surface area (Å²) in [5, 5.41) is 9.91. The highest BCUT2D eigenvalue weighted by Gasteiger charge is 2.19. The number of amides is 2. The van der Waals surface area contributed by atoms with E-state index in [1.807, 2.05) is 31.4 Å². The Labute approximate surface area is 171 Å². The number of fused-ring (bicyclic) bond motifs is 1. The van der Waals surface area contributed by atoms with Crippen LogP contribution in [0.4, 0.5) is 5.69 Å². The van der Waals surface area contributed by atoms with Gasteiger partial charge in [0.25, 0.3) is 5.91 Å². The van der Waals surface area contributed by atoms with Crippen molar-refractivity contribution in [3.05, 3.63) is 65.2 Å². The molecule has 8 heteroatoms. The third kappa shape index (κ3) is 3.62. The second-order valence-electron chi connectivity index (χ2n) is 6.85. The van der Waals surface area contributed by atoms with Gasteiger partial charge in [0.1, 0.15) is 0 Å². The minimum Gasteiger partial charge on any atom is -0.366 e. The molecule has 0 saturated carbocycles. The molecular weight excluding hydrogens is 386 g/mol. The fraction of sp³-hybridized carbons (Fsp3) is 0.143. The average Bonchev–Trinajstić information content (AvgIpc) is 3.37. The Morgan fingerprint density at radius 1 is 1.17 bits per heavy atom. The van der Waals surface area contributed by atoms with E-state index in [1.54, 1.807) is 52.5 Å². The zero-order valence-corrected chi connectivity index (χ0v) is 16.7. The number of thiophene rings is 1. The Balaban J connectivity index is 1.80. The molecule has 29 heavy (non-hydrogen) atoms. The van der Waals surface area contributed by atoms with Crippen molar-refractivity contribution < 1.29 is 9.59 Å². The fourth-order valence-electron chi connectivity index (χ4n) is 3.08. The molecule has 1 aromatic carbocycles. The van der Waals surface area contributed by atoms with E-state index < -0.39 is 5.91 Å². The Morgan fingerprint density at radius 3 is 2.69 bits per heavy atom. The Morgan fingerprint density at radius 2 is 2.00 bits per heavy atom. The van der Waals surface area contributed by atoms with Gasteiger partial charge in [-0.15, -0.1) is 11.3 Å². The van der Waals surface area contributed by atoms with Crippen LogP contribution in [-0.2, 0) is 0 Å².